The van der Waals surface area contributed by atoms with Gasteiger partial charge in [-0.15, -0.1) is 0 Å². The van der Waals surface area contributed by atoms with Crippen LogP contribution in [0.2, 0.25) is 0 Å². The number of aromatic nitrogens is 2. The van der Waals surface area contributed by atoms with Gasteiger partial charge in [0, 0.05) is 43.7 Å². The van der Waals surface area contributed by atoms with E-state index in [4.69, 9.17) is 9.47 Å². The third kappa shape index (κ3) is 4.31. The molecule has 2 atom stereocenters. The molecule has 1 aromatic heterocycles. The van der Waals surface area contributed by atoms with Crippen LogP contribution in [0.3, 0.4) is 0 Å². The lowest BCUT2D eigenvalue weighted by Gasteiger charge is -2.34. The standard InChI is InChI=1S/C21H24N4O4/c1-28-17-5-2-4-16(11-17)25-13-15(10-20(25)26)21(27)24-9-3-6-18(14-24)29-19-12-22-7-8-23-19/h2,4-5,7-8,11-12,15,18H,3,6,9-10,13-14H2,1H3. The number of methoxy groups -OCH3 is 1. The molecule has 8 heteroatoms. The van der Waals surface area contributed by atoms with E-state index in [9.17, 15) is 9.59 Å². The molecule has 2 aliphatic heterocycles. The maximum absolute atomic E-state index is 13.1. The molecule has 2 amide bonds. The minimum atomic E-state index is -0.344. The van der Waals surface area contributed by atoms with Crippen molar-refractivity contribution in [2.24, 2.45) is 5.92 Å². The van der Waals surface area contributed by atoms with Crippen LogP contribution in [0, 0.1) is 5.92 Å². The van der Waals surface area contributed by atoms with Crippen LogP contribution in [0.1, 0.15) is 19.3 Å². The Morgan fingerprint density at radius 3 is 2.93 bits per heavy atom. The van der Waals surface area contributed by atoms with Crippen molar-refractivity contribution < 1.29 is 19.1 Å². The third-order valence-corrected chi connectivity index (χ3v) is 5.36. The molecular weight excluding hydrogens is 372 g/mol. The van der Waals surface area contributed by atoms with Crippen molar-refractivity contribution in [3.8, 4) is 11.6 Å². The first-order valence-electron chi connectivity index (χ1n) is 9.80. The lowest BCUT2D eigenvalue weighted by atomic mass is 10.0. The number of carbonyl (C=O) groups excluding carboxylic acids is 2. The van der Waals surface area contributed by atoms with Gasteiger partial charge < -0.3 is 19.3 Å². The highest BCUT2D eigenvalue weighted by atomic mass is 16.5. The number of ether oxygens (including phenoxy) is 2. The summed E-state index contributed by atoms with van der Waals surface area (Å²) < 4.78 is 11.1. The van der Waals surface area contributed by atoms with E-state index in [0.29, 0.717) is 31.3 Å². The summed E-state index contributed by atoms with van der Waals surface area (Å²) in [7, 11) is 1.59. The zero-order valence-electron chi connectivity index (χ0n) is 16.4. The number of nitrogens with zero attached hydrogens (tertiary/aromatic N) is 4. The highest BCUT2D eigenvalue weighted by Crippen LogP contribution is 2.29. The van der Waals surface area contributed by atoms with Gasteiger partial charge in [-0.1, -0.05) is 6.07 Å². The van der Waals surface area contributed by atoms with Crippen LogP contribution in [0.25, 0.3) is 0 Å². The van der Waals surface area contributed by atoms with Crippen LogP contribution in [0.4, 0.5) is 5.69 Å². The van der Waals surface area contributed by atoms with E-state index in [1.165, 1.54) is 0 Å². The molecule has 1 aromatic carbocycles. The molecule has 8 nitrogen and oxygen atoms in total. The van der Waals surface area contributed by atoms with E-state index in [-0.39, 0.29) is 30.3 Å². The number of amides is 2. The Balaban J connectivity index is 1.39. The predicted molar refractivity (Wildman–Crippen MR) is 106 cm³/mol. The van der Waals surface area contributed by atoms with E-state index in [1.807, 2.05) is 29.2 Å². The summed E-state index contributed by atoms with van der Waals surface area (Å²) >= 11 is 0. The second-order valence-corrected chi connectivity index (χ2v) is 7.32. The average molecular weight is 396 g/mol. The normalized spacial score (nSPS) is 21.9. The summed E-state index contributed by atoms with van der Waals surface area (Å²) in [6.45, 7) is 1.57. The van der Waals surface area contributed by atoms with Gasteiger partial charge in [-0.2, -0.15) is 0 Å². The van der Waals surface area contributed by atoms with Crippen LogP contribution in [0.15, 0.2) is 42.9 Å². The predicted octanol–water partition coefficient (Wildman–Crippen LogP) is 1.91. The lowest BCUT2D eigenvalue weighted by Crippen LogP contribution is -2.47. The fraction of sp³-hybridized carbons (Fsp3) is 0.429. The summed E-state index contributed by atoms with van der Waals surface area (Å²) in [6.07, 6.45) is 6.57. The van der Waals surface area contributed by atoms with Crippen molar-refractivity contribution in [1.82, 2.24) is 14.9 Å². The van der Waals surface area contributed by atoms with Crippen LogP contribution in [0.5, 0.6) is 11.6 Å². The number of hydrogen-bond acceptors (Lipinski definition) is 6. The molecule has 0 radical (unpaired) electrons. The molecule has 0 N–H and O–H groups in total. The summed E-state index contributed by atoms with van der Waals surface area (Å²) in [4.78, 5) is 37.3. The molecule has 3 heterocycles. The Bertz CT molecular complexity index is 876. The number of anilines is 1. The number of benzene rings is 1. The third-order valence-electron chi connectivity index (χ3n) is 5.36. The molecule has 4 rings (SSSR count). The van der Waals surface area contributed by atoms with Crippen molar-refractivity contribution in [1.29, 1.82) is 0 Å². The minimum absolute atomic E-state index is 0.0104. The van der Waals surface area contributed by atoms with Crippen LogP contribution in [-0.4, -0.2) is 59.5 Å². The molecule has 0 saturated carbocycles. The second-order valence-electron chi connectivity index (χ2n) is 7.32. The van der Waals surface area contributed by atoms with Crippen molar-refractivity contribution >= 4 is 17.5 Å². The zero-order chi connectivity index (χ0) is 20.2. The van der Waals surface area contributed by atoms with Crippen LogP contribution >= 0.6 is 0 Å². The maximum Gasteiger partial charge on any atom is 0.232 e. The Morgan fingerprint density at radius 1 is 1.24 bits per heavy atom. The van der Waals surface area contributed by atoms with Gasteiger partial charge in [0.25, 0.3) is 0 Å². The summed E-state index contributed by atoms with van der Waals surface area (Å²) in [5.41, 5.74) is 0.757. The highest BCUT2D eigenvalue weighted by Gasteiger charge is 2.38. The van der Waals surface area contributed by atoms with Gasteiger partial charge >= 0.3 is 0 Å². The average Bonchev–Trinajstić information content (AvgIpc) is 3.16. The Labute approximate surface area is 169 Å². The molecule has 2 aromatic rings. The minimum Gasteiger partial charge on any atom is -0.497 e. The number of hydrogen-bond donors (Lipinski definition) is 0. The zero-order valence-corrected chi connectivity index (χ0v) is 16.4. The van der Waals surface area contributed by atoms with Crippen LogP contribution < -0.4 is 14.4 Å². The molecule has 29 heavy (non-hydrogen) atoms. The van der Waals surface area contributed by atoms with Gasteiger partial charge in [0.1, 0.15) is 11.9 Å². The van der Waals surface area contributed by atoms with E-state index in [0.717, 1.165) is 18.5 Å². The van der Waals surface area contributed by atoms with E-state index in [2.05, 4.69) is 9.97 Å². The van der Waals surface area contributed by atoms with Crippen molar-refractivity contribution in [2.75, 3.05) is 31.6 Å². The highest BCUT2D eigenvalue weighted by molar-refractivity contribution is 6.00. The molecule has 2 fully saturated rings. The quantitative estimate of drug-likeness (QED) is 0.768. The van der Waals surface area contributed by atoms with E-state index in [1.54, 1.807) is 30.6 Å². The molecule has 0 bridgehead atoms. The maximum atomic E-state index is 13.1. The number of rotatable bonds is 5. The first kappa shape index (κ1) is 19.2. The van der Waals surface area contributed by atoms with Gasteiger partial charge in [-0.25, -0.2) is 4.98 Å². The molecular formula is C21H24N4O4. The molecule has 2 aliphatic rings. The molecule has 2 saturated heterocycles. The van der Waals surface area contributed by atoms with Crippen LogP contribution in [-0.2, 0) is 9.59 Å². The molecule has 0 spiro atoms. The van der Waals surface area contributed by atoms with Gasteiger partial charge in [0.2, 0.25) is 17.7 Å². The molecule has 0 aliphatic carbocycles. The largest absolute Gasteiger partial charge is 0.497 e. The summed E-state index contributed by atoms with van der Waals surface area (Å²) in [5.74, 6) is 0.776. The van der Waals surface area contributed by atoms with Gasteiger partial charge in [0.15, 0.2) is 0 Å². The fourth-order valence-electron chi connectivity index (χ4n) is 3.91. The van der Waals surface area contributed by atoms with E-state index >= 15 is 0 Å². The SMILES string of the molecule is COc1cccc(N2CC(C(=O)N3CCCC(Oc4cnccn4)C3)CC2=O)c1. The number of piperidine rings is 1. The van der Waals surface area contributed by atoms with Crippen molar-refractivity contribution in [3.05, 3.63) is 42.9 Å². The topological polar surface area (TPSA) is 84.9 Å². The Kier molecular flexibility index (Phi) is 5.59. The van der Waals surface area contributed by atoms with Gasteiger partial charge in [0.05, 0.1) is 25.8 Å². The Hall–Kier alpha value is -3.16. The van der Waals surface area contributed by atoms with Crippen molar-refractivity contribution in [2.45, 2.75) is 25.4 Å². The van der Waals surface area contributed by atoms with Crippen molar-refractivity contribution in [3.63, 3.8) is 0 Å². The molecule has 152 valence electrons. The second kappa shape index (κ2) is 8.46. The molecule has 2 unspecified atom stereocenters. The van der Waals surface area contributed by atoms with Gasteiger partial charge in [-0.3, -0.25) is 14.6 Å². The summed E-state index contributed by atoms with van der Waals surface area (Å²) in [6, 6.07) is 7.35. The van der Waals surface area contributed by atoms with Gasteiger partial charge in [-0.05, 0) is 25.0 Å². The first-order valence-corrected chi connectivity index (χ1v) is 9.80. The van der Waals surface area contributed by atoms with E-state index < -0.39 is 0 Å². The number of likely N-dealkylation sites (tertiary alicyclic amines) is 1. The fourth-order valence-corrected chi connectivity index (χ4v) is 3.91. The Morgan fingerprint density at radius 2 is 2.14 bits per heavy atom. The lowest BCUT2D eigenvalue weighted by molar-refractivity contribution is -0.138. The summed E-state index contributed by atoms with van der Waals surface area (Å²) in [5, 5.41) is 0. The smallest absolute Gasteiger partial charge is 0.232 e. The monoisotopic (exact) mass is 396 g/mol. The first-order chi connectivity index (χ1) is 14.1. The number of carbonyl (C=O) groups is 2.